The maximum Gasteiger partial charge on any atom is 0.303 e. The van der Waals surface area contributed by atoms with Crippen LogP contribution >= 0.6 is 23.5 Å². The van der Waals surface area contributed by atoms with E-state index in [1.807, 2.05) is 59.9 Å². The lowest BCUT2D eigenvalue weighted by molar-refractivity contribution is -0.153. The van der Waals surface area contributed by atoms with Gasteiger partial charge in [-0.1, -0.05) is 36.4 Å². The molecule has 6 heteroatoms. The van der Waals surface area contributed by atoms with E-state index in [9.17, 15) is 9.59 Å². The third-order valence-corrected chi connectivity index (χ3v) is 6.19. The van der Waals surface area contributed by atoms with Crippen molar-refractivity contribution in [2.24, 2.45) is 0 Å². The van der Waals surface area contributed by atoms with Crippen LogP contribution in [-0.2, 0) is 25.7 Å². The van der Waals surface area contributed by atoms with Crippen LogP contribution < -0.4 is 0 Å². The lowest BCUT2D eigenvalue weighted by Crippen LogP contribution is -2.33. The average Bonchev–Trinajstić information content (AvgIpc) is 2.61. The van der Waals surface area contributed by atoms with Crippen LogP contribution in [0.4, 0.5) is 0 Å². The minimum atomic E-state index is -0.816. The minimum absolute atomic E-state index is 0.294. The molecule has 0 spiro atoms. The molecule has 2 atom stereocenters. The molecule has 0 aliphatic carbocycles. The first kappa shape index (κ1) is 19.1. The van der Waals surface area contributed by atoms with Gasteiger partial charge in [-0.3, -0.25) is 4.79 Å². The van der Waals surface area contributed by atoms with Gasteiger partial charge in [-0.05, 0) is 29.6 Å². The third-order valence-electron chi connectivity index (χ3n) is 3.36. The van der Waals surface area contributed by atoms with Gasteiger partial charge < -0.3 is 14.3 Å². The second-order valence-electron chi connectivity index (χ2n) is 5.32. The fourth-order valence-corrected chi connectivity index (χ4v) is 4.84. The number of carbonyl (C=O) groups is 2. The second-order valence-corrected chi connectivity index (χ2v) is 8.12. The van der Waals surface area contributed by atoms with Gasteiger partial charge in [0.15, 0.2) is 18.5 Å². The van der Waals surface area contributed by atoms with Gasteiger partial charge in [-0.25, -0.2) is 0 Å². The lowest BCUT2D eigenvalue weighted by Gasteiger charge is -2.22. The Bertz CT molecular complexity index is 541. The fourth-order valence-electron chi connectivity index (χ4n) is 2.20. The van der Waals surface area contributed by atoms with Gasteiger partial charge in [0.05, 0.1) is 11.2 Å². The van der Waals surface area contributed by atoms with Crippen LogP contribution in [0.2, 0.25) is 0 Å². The Labute approximate surface area is 151 Å². The largest absolute Gasteiger partial charge is 0.455 e. The van der Waals surface area contributed by atoms with Crippen molar-refractivity contribution in [3.63, 3.8) is 0 Å². The van der Waals surface area contributed by atoms with E-state index < -0.39 is 18.2 Å². The first-order valence-corrected chi connectivity index (χ1v) is 9.98. The molecule has 0 N–H and O–H groups in total. The molecule has 0 aromatic heterocycles. The zero-order chi connectivity index (χ0) is 17.2. The number of ether oxygens (including phenoxy) is 2. The molecule has 1 aliphatic heterocycles. The molecule has 1 heterocycles. The maximum atomic E-state index is 11.4. The normalized spacial score (nSPS) is 18.2. The number of hydrogen-bond donors (Lipinski definition) is 0. The molecule has 0 saturated carbocycles. The Morgan fingerprint density at radius 1 is 1.25 bits per heavy atom. The smallest absolute Gasteiger partial charge is 0.303 e. The van der Waals surface area contributed by atoms with E-state index in [1.165, 1.54) is 13.3 Å². The van der Waals surface area contributed by atoms with Gasteiger partial charge in [-0.2, -0.15) is 0 Å². The molecule has 130 valence electrons. The van der Waals surface area contributed by atoms with Crippen LogP contribution in [0.15, 0.2) is 42.5 Å². The standard InChI is InChI=1S/C18H22O4S2/c1-14(20)22-16(8-9-18-23-10-5-11-24-18)17(12-19)21-13-15-6-3-2-4-7-15/h2-4,6-9,12,16-18H,5,10-11,13H2,1H3/b9-8+/t16-,17+/m0/s1. The summed E-state index contributed by atoms with van der Waals surface area (Å²) in [5, 5.41) is 0. The highest BCUT2D eigenvalue weighted by atomic mass is 32.2. The van der Waals surface area contributed by atoms with Crippen LogP contribution in [0.25, 0.3) is 0 Å². The van der Waals surface area contributed by atoms with E-state index in [0.717, 1.165) is 17.1 Å². The number of thioether (sulfide) groups is 2. The molecule has 0 bridgehead atoms. The molecule has 0 radical (unpaired) electrons. The average molecular weight is 367 g/mol. The van der Waals surface area contributed by atoms with E-state index in [2.05, 4.69) is 0 Å². The molecule has 1 aromatic rings. The molecule has 1 aromatic carbocycles. The summed E-state index contributed by atoms with van der Waals surface area (Å²) < 4.78 is 11.3. The topological polar surface area (TPSA) is 52.6 Å². The van der Waals surface area contributed by atoms with Gasteiger partial charge in [0, 0.05) is 6.92 Å². The van der Waals surface area contributed by atoms with Crippen molar-refractivity contribution in [3.05, 3.63) is 48.0 Å². The molecule has 1 aliphatic rings. The SMILES string of the molecule is CC(=O)O[C@@H](/C=C/C1SCCCS1)[C@@H](C=O)OCc1ccccc1. The molecule has 2 rings (SSSR count). The highest BCUT2D eigenvalue weighted by Crippen LogP contribution is 2.31. The number of benzene rings is 1. The van der Waals surface area contributed by atoms with Crippen LogP contribution in [0.1, 0.15) is 18.9 Å². The molecule has 24 heavy (non-hydrogen) atoms. The Balaban J connectivity index is 1.98. The zero-order valence-electron chi connectivity index (χ0n) is 13.6. The van der Waals surface area contributed by atoms with Crippen LogP contribution in [0.3, 0.4) is 0 Å². The van der Waals surface area contributed by atoms with Gasteiger partial charge in [0.1, 0.15) is 0 Å². The lowest BCUT2D eigenvalue weighted by atomic mass is 10.2. The van der Waals surface area contributed by atoms with E-state index in [0.29, 0.717) is 17.5 Å². The summed E-state index contributed by atoms with van der Waals surface area (Å²) in [6, 6.07) is 9.59. The molecule has 4 nitrogen and oxygen atoms in total. The number of esters is 1. The van der Waals surface area contributed by atoms with Crippen molar-refractivity contribution in [2.45, 2.75) is 36.7 Å². The van der Waals surface area contributed by atoms with Gasteiger partial charge in [-0.15, -0.1) is 23.5 Å². The quantitative estimate of drug-likeness (QED) is 0.399. The predicted octanol–water partition coefficient (Wildman–Crippen LogP) is 3.45. The summed E-state index contributed by atoms with van der Waals surface area (Å²) >= 11 is 3.72. The predicted molar refractivity (Wildman–Crippen MR) is 99.1 cm³/mol. The van der Waals surface area contributed by atoms with E-state index in [1.54, 1.807) is 6.08 Å². The van der Waals surface area contributed by atoms with Crippen LogP contribution in [0, 0.1) is 0 Å². The second kappa shape index (κ2) is 10.6. The summed E-state index contributed by atoms with van der Waals surface area (Å²) in [4.78, 5) is 22.8. The number of aldehydes is 1. The Kier molecular flexibility index (Phi) is 8.42. The van der Waals surface area contributed by atoms with Crippen molar-refractivity contribution in [1.82, 2.24) is 0 Å². The first-order chi connectivity index (χ1) is 11.7. The zero-order valence-corrected chi connectivity index (χ0v) is 15.3. The van der Waals surface area contributed by atoms with Crippen LogP contribution in [0.5, 0.6) is 0 Å². The van der Waals surface area contributed by atoms with Crippen molar-refractivity contribution in [1.29, 1.82) is 0 Å². The van der Waals surface area contributed by atoms with E-state index in [-0.39, 0.29) is 0 Å². The molecule has 0 amide bonds. The number of rotatable bonds is 8. The van der Waals surface area contributed by atoms with Gasteiger partial charge in [0.25, 0.3) is 0 Å². The summed E-state index contributed by atoms with van der Waals surface area (Å²) in [5.74, 6) is 1.83. The van der Waals surface area contributed by atoms with Crippen molar-refractivity contribution < 1.29 is 19.1 Å². The monoisotopic (exact) mass is 366 g/mol. The third kappa shape index (κ3) is 6.71. The molecular formula is C18H22O4S2. The molecule has 0 unspecified atom stereocenters. The summed E-state index contributed by atoms with van der Waals surface area (Å²) in [6.45, 7) is 1.63. The fraction of sp³-hybridized carbons (Fsp3) is 0.444. The minimum Gasteiger partial charge on any atom is -0.455 e. The highest BCUT2D eigenvalue weighted by molar-refractivity contribution is 8.17. The van der Waals surface area contributed by atoms with Crippen molar-refractivity contribution in [2.75, 3.05) is 11.5 Å². The van der Waals surface area contributed by atoms with Gasteiger partial charge in [0.2, 0.25) is 0 Å². The van der Waals surface area contributed by atoms with Crippen LogP contribution in [-0.4, -0.2) is 40.6 Å². The summed E-state index contributed by atoms with van der Waals surface area (Å²) in [6.07, 6.45) is 4.17. The van der Waals surface area contributed by atoms with Crippen molar-refractivity contribution >= 4 is 35.8 Å². The van der Waals surface area contributed by atoms with Crippen molar-refractivity contribution in [3.8, 4) is 0 Å². The summed E-state index contributed by atoms with van der Waals surface area (Å²) in [7, 11) is 0. The van der Waals surface area contributed by atoms with E-state index >= 15 is 0 Å². The maximum absolute atomic E-state index is 11.4. The Morgan fingerprint density at radius 3 is 2.58 bits per heavy atom. The number of carbonyl (C=O) groups excluding carboxylic acids is 2. The highest BCUT2D eigenvalue weighted by Gasteiger charge is 2.23. The first-order valence-electron chi connectivity index (χ1n) is 7.88. The Morgan fingerprint density at radius 2 is 1.96 bits per heavy atom. The summed E-state index contributed by atoms with van der Waals surface area (Å²) in [5.41, 5.74) is 0.966. The molecule has 1 fully saturated rings. The van der Waals surface area contributed by atoms with E-state index in [4.69, 9.17) is 9.47 Å². The Hall–Kier alpha value is -1.24. The molecule has 1 saturated heterocycles. The number of hydrogen-bond acceptors (Lipinski definition) is 6. The molecular weight excluding hydrogens is 344 g/mol. The van der Waals surface area contributed by atoms with Gasteiger partial charge >= 0.3 is 5.97 Å².